The van der Waals surface area contributed by atoms with E-state index < -0.39 is 5.41 Å². The Labute approximate surface area is 92.7 Å². The lowest BCUT2D eigenvalue weighted by molar-refractivity contribution is 0.0601. The van der Waals surface area contributed by atoms with Crippen molar-refractivity contribution in [2.24, 2.45) is 5.73 Å². The Morgan fingerprint density at radius 3 is 2.87 bits per heavy atom. The molecule has 0 aromatic carbocycles. The molecular weight excluding hydrogens is 214 g/mol. The van der Waals surface area contributed by atoms with Gasteiger partial charge in [0.1, 0.15) is 0 Å². The molecule has 15 heavy (non-hydrogen) atoms. The van der Waals surface area contributed by atoms with Gasteiger partial charge in [-0.2, -0.15) is 0 Å². The highest BCUT2D eigenvalue weighted by atomic mass is 32.1. The van der Waals surface area contributed by atoms with Gasteiger partial charge < -0.3 is 15.6 Å². The molecule has 0 saturated heterocycles. The third kappa shape index (κ3) is 2.37. The highest BCUT2D eigenvalue weighted by molar-refractivity contribution is 7.10. The van der Waals surface area contributed by atoms with E-state index in [-0.39, 0.29) is 12.6 Å². The maximum absolute atomic E-state index is 11.2. The number of ether oxygens (including phenoxy) is 1. The smallest absolute Gasteiger partial charge is 0.338 e. The molecule has 0 aliphatic carbocycles. The average Bonchev–Trinajstić information content (AvgIpc) is 2.76. The molecular formula is C10H15NO3S. The van der Waals surface area contributed by atoms with E-state index in [0.717, 1.165) is 4.88 Å². The van der Waals surface area contributed by atoms with Crippen LogP contribution in [0.5, 0.6) is 0 Å². The van der Waals surface area contributed by atoms with Crippen LogP contribution in [-0.4, -0.2) is 31.3 Å². The van der Waals surface area contributed by atoms with Crippen molar-refractivity contribution in [3.05, 3.63) is 21.9 Å². The molecule has 0 saturated carbocycles. The first-order chi connectivity index (χ1) is 7.07. The van der Waals surface area contributed by atoms with Gasteiger partial charge in [0, 0.05) is 22.2 Å². The molecule has 0 aliphatic rings. The second-order valence-corrected chi connectivity index (χ2v) is 4.53. The largest absolute Gasteiger partial charge is 0.465 e. The average molecular weight is 229 g/mol. The van der Waals surface area contributed by atoms with E-state index in [9.17, 15) is 9.90 Å². The van der Waals surface area contributed by atoms with Crippen molar-refractivity contribution in [1.82, 2.24) is 0 Å². The molecule has 0 fully saturated rings. The topological polar surface area (TPSA) is 72.5 Å². The van der Waals surface area contributed by atoms with E-state index in [0.29, 0.717) is 12.1 Å². The molecule has 0 bridgehead atoms. The van der Waals surface area contributed by atoms with Crippen molar-refractivity contribution in [1.29, 1.82) is 0 Å². The fourth-order valence-electron chi connectivity index (χ4n) is 1.12. The zero-order valence-corrected chi connectivity index (χ0v) is 9.63. The molecule has 1 aromatic heterocycles. The molecule has 0 amide bonds. The number of methoxy groups -OCH3 is 1. The maximum atomic E-state index is 11.2. The predicted molar refractivity (Wildman–Crippen MR) is 59.2 cm³/mol. The Morgan fingerprint density at radius 2 is 2.40 bits per heavy atom. The lowest BCUT2D eigenvalue weighted by Gasteiger charge is -2.23. The normalized spacial score (nSPS) is 14.7. The van der Waals surface area contributed by atoms with Crippen molar-refractivity contribution in [2.45, 2.75) is 12.3 Å². The van der Waals surface area contributed by atoms with Gasteiger partial charge in [-0.3, -0.25) is 0 Å². The van der Waals surface area contributed by atoms with Crippen molar-refractivity contribution < 1.29 is 14.6 Å². The Bertz CT molecular complexity index is 344. The Hall–Kier alpha value is -0.910. The number of aliphatic hydroxyl groups is 1. The van der Waals surface area contributed by atoms with Gasteiger partial charge in [0.05, 0.1) is 19.3 Å². The number of nitrogens with two attached hydrogens (primary N) is 1. The monoisotopic (exact) mass is 229 g/mol. The summed E-state index contributed by atoms with van der Waals surface area (Å²) in [6.07, 6.45) is 0. The van der Waals surface area contributed by atoms with Gasteiger partial charge in [-0.15, -0.1) is 11.3 Å². The van der Waals surface area contributed by atoms with Gasteiger partial charge in [-0.05, 0) is 6.07 Å². The molecule has 4 nitrogen and oxygen atoms in total. The lowest BCUT2D eigenvalue weighted by Crippen LogP contribution is -2.34. The summed E-state index contributed by atoms with van der Waals surface area (Å²) in [6, 6.07) is 1.72. The van der Waals surface area contributed by atoms with Crippen LogP contribution in [0.25, 0.3) is 0 Å². The van der Waals surface area contributed by atoms with Gasteiger partial charge in [-0.25, -0.2) is 4.79 Å². The second-order valence-electron chi connectivity index (χ2n) is 3.61. The first-order valence-electron chi connectivity index (χ1n) is 4.55. The highest BCUT2D eigenvalue weighted by Gasteiger charge is 2.26. The summed E-state index contributed by atoms with van der Waals surface area (Å²) in [5.41, 5.74) is 5.63. The van der Waals surface area contributed by atoms with Crippen molar-refractivity contribution in [3.8, 4) is 0 Å². The molecule has 0 aliphatic heterocycles. The molecule has 0 radical (unpaired) electrons. The molecule has 0 spiro atoms. The Balaban J connectivity index is 2.97. The van der Waals surface area contributed by atoms with Crippen LogP contribution in [0, 0.1) is 0 Å². The van der Waals surface area contributed by atoms with E-state index in [1.165, 1.54) is 18.4 Å². The number of carbonyl (C=O) groups is 1. The number of esters is 1. The quantitative estimate of drug-likeness (QED) is 0.747. The summed E-state index contributed by atoms with van der Waals surface area (Å²) in [5, 5.41) is 11.0. The van der Waals surface area contributed by atoms with Crippen LogP contribution in [0.2, 0.25) is 0 Å². The Kier molecular flexibility index (Phi) is 3.84. The van der Waals surface area contributed by atoms with Gasteiger partial charge >= 0.3 is 5.97 Å². The third-order valence-electron chi connectivity index (χ3n) is 2.41. The summed E-state index contributed by atoms with van der Waals surface area (Å²) in [6.45, 7) is 2.16. The van der Waals surface area contributed by atoms with E-state index in [1.54, 1.807) is 11.4 Å². The molecule has 5 heteroatoms. The molecule has 1 atom stereocenters. The lowest BCUT2D eigenvalue weighted by atomic mass is 9.90. The second kappa shape index (κ2) is 4.74. The standard InChI is InChI=1S/C10H15NO3S/c1-10(5-11,6-12)8-3-7(4-15-8)9(13)14-2/h3-4,12H,5-6,11H2,1-2H3. The van der Waals surface area contributed by atoms with Gasteiger partial charge in [0.25, 0.3) is 0 Å². The van der Waals surface area contributed by atoms with Crippen molar-refractivity contribution in [2.75, 3.05) is 20.3 Å². The van der Waals surface area contributed by atoms with Crippen LogP contribution in [0.15, 0.2) is 11.4 Å². The molecule has 3 N–H and O–H groups in total. The number of aliphatic hydroxyl groups excluding tert-OH is 1. The summed E-state index contributed by atoms with van der Waals surface area (Å²) in [4.78, 5) is 12.1. The number of rotatable bonds is 4. The van der Waals surface area contributed by atoms with Crippen LogP contribution in [-0.2, 0) is 10.2 Å². The first-order valence-corrected chi connectivity index (χ1v) is 5.43. The van der Waals surface area contributed by atoms with Gasteiger partial charge in [0.15, 0.2) is 0 Å². The SMILES string of the molecule is COC(=O)c1csc(C(C)(CN)CO)c1. The molecule has 1 unspecified atom stereocenters. The molecule has 1 aromatic rings. The maximum Gasteiger partial charge on any atom is 0.338 e. The molecule has 1 rings (SSSR count). The van der Waals surface area contributed by atoms with E-state index in [1.807, 2.05) is 6.92 Å². The van der Waals surface area contributed by atoms with Crippen LogP contribution < -0.4 is 5.73 Å². The minimum absolute atomic E-state index is 0.0371. The summed E-state index contributed by atoms with van der Waals surface area (Å²) in [7, 11) is 1.34. The number of thiophene rings is 1. The van der Waals surface area contributed by atoms with E-state index in [4.69, 9.17) is 5.73 Å². The molecule has 84 valence electrons. The fraction of sp³-hybridized carbons (Fsp3) is 0.500. The fourth-order valence-corrected chi connectivity index (χ4v) is 2.17. The number of carbonyl (C=O) groups excluding carboxylic acids is 1. The summed E-state index contributed by atoms with van der Waals surface area (Å²) >= 11 is 1.41. The van der Waals surface area contributed by atoms with Crippen molar-refractivity contribution >= 4 is 17.3 Å². The zero-order valence-electron chi connectivity index (χ0n) is 8.82. The predicted octanol–water partition coefficient (Wildman–Crippen LogP) is 0.743. The van der Waals surface area contributed by atoms with Crippen LogP contribution >= 0.6 is 11.3 Å². The van der Waals surface area contributed by atoms with E-state index in [2.05, 4.69) is 4.74 Å². The van der Waals surface area contributed by atoms with Crippen LogP contribution in [0.1, 0.15) is 22.2 Å². The molecule has 1 heterocycles. The third-order valence-corrected chi connectivity index (χ3v) is 3.65. The first kappa shape index (κ1) is 12.2. The summed E-state index contributed by atoms with van der Waals surface area (Å²) in [5.74, 6) is -0.366. The van der Waals surface area contributed by atoms with Gasteiger partial charge in [0.2, 0.25) is 0 Å². The van der Waals surface area contributed by atoms with E-state index >= 15 is 0 Å². The van der Waals surface area contributed by atoms with Crippen LogP contribution in [0.4, 0.5) is 0 Å². The zero-order chi connectivity index (χ0) is 11.5. The Morgan fingerprint density at radius 1 is 1.73 bits per heavy atom. The highest BCUT2D eigenvalue weighted by Crippen LogP contribution is 2.28. The minimum Gasteiger partial charge on any atom is -0.465 e. The minimum atomic E-state index is -0.475. The number of hydrogen-bond acceptors (Lipinski definition) is 5. The number of hydrogen-bond donors (Lipinski definition) is 2. The van der Waals surface area contributed by atoms with Crippen molar-refractivity contribution in [3.63, 3.8) is 0 Å². The van der Waals surface area contributed by atoms with Gasteiger partial charge in [-0.1, -0.05) is 6.92 Å². The van der Waals surface area contributed by atoms with Crippen LogP contribution in [0.3, 0.4) is 0 Å². The summed E-state index contributed by atoms with van der Waals surface area (Å²) < 4.78 is 4.60.